The van der Waals surface area contributed by atoms with Crippen molar-refractivity contribution in [3.63, 3.8) is 0 Å². The molecule has 112 valence electrons. The predicted octanol–water partition coefficient (Wildman–Crippen LogP) is 1.21. The van der Waals surface area contributed by atoms with Gasteiger partial charge >= 0.3 is 11.9 Å². The van der Waals surface area contributed by atoms with Crippen LogP contribution in [0.3, 0.4) is 0 Å². The number of esters is 2. The van der Waals surface area contributed by atoms with Crippen molar-refractivity contribution >= 4 is 11.9 Å². The van der Waals surface area contributed by atoms with Gasteiger partial charge in [0.25, 0.3) is 0 Å². The van der Waals surface area contributed by atoms with Crippen molar-refractivity contribution in [3.05, 3.63) is 23.2 Å². The van der Waals surface area contributed by atoms with E-state index in [2.05, 4.69) is 19.6 Å². The Morgan fingerprint density at radius 3 is 2.48 bits per heavy atom. The third-order valence-electron chi connectivity index (χ3n) is 2.89. The van der Waals surface area contributed by atoms with Gasteiger partial charge in [0.05, 0.1) is 19.9 Å². The van der Waals surface area contributed by atoms with Crippen LogP contribution in [0, 0.1) is 0 Å². The summed E-state index contributed by atoms with van der Waals surface area (Å²) < 4.78 is 16.1. The van der Waals surface area contributed by atoms with E-state index in [0.29, 0.717) is 5.69 Å². The lowest BCUT2D eigenvalue weighted by Crippen LogP contribution is -2.10. The van der Waals surface area contributed by atoms with Crippen molar-refractivity contribution in [3.8, 4) is 11.6 Å². The summed E-state index contributed by atoms with van der Waals surface area (Å²) >= 11 is 0. The molecular formula is C13H15N3O5. The van der Waals surface area contributed by atoms with Crippen molar-refractivity contribution < 1.29 is 23.5 Å². The van der Waals surface area contributed by atoms with Gasteiger partial charge in [0.1, 0.15) is 5.69 Å². The smallest absolute Gasteiger partial charge is 0.376 e. The van der Waals surface area contributed by atoms with Gasteiger partial charge in [0.2, 0.25) is 17.3 Å². The second kappa shape index (κ2) is 5.78. The lowest BCUT2D eigenvalue weighted by atomic mass is 10.3. The van der Waals surface area contributed by atoms with E-state index in [-0.39, 0.29) is 17.3 Å². The van der Waals surface area contributed by atoms with E-state index in [1.54, 1.807) is 17.8 Å². The van der Waals surface area contributed by atoms with Gasteiger partial charge in [0.15, 0.2) is 0 Å². The summed E-state index contributed by atoms with van der Waals surface area (Å²) in [7, 11) is 4.09. The van der Waals surface area contributed by atoms with Crippen LogP contribution in [0.2, 0.25) is 0 Å². The Kier molecular flexibility index (Phi) is 4.06. The maximum Gasteiger partial charge on any atom is 0.376 e. The zero-order valence-electron chi connectivity index (χ0n) is 12.2. The van der Waals surface area contributed by atoms with Crippen LogP contribution >= 0.6 is 0 Å². The average molecular weight is 293 g/mol. The van der Waals surface area contributed by atoms with Gasteiger partial charge in [0, 0.05) is 7.05 Å². The fourth-order valence-electron chi connectivity index (χ4n) is 1.80. The Morgan fingerprint density at radius 2 is 1.95 bits per heavy atom. The minimum Gasteiger partial charge on any atom is -0.464 e. The Morgan fingerprint density at radius 1 is 1.29 bits per heavy atom. The van der Waals surface area contributed by atoms with Gasteiger partial charge < -0.3 is 13.9 Å². The highest BCUT2D eigenvalue weighted by Gasteiger charge is 2.28. The first kappa shape index (κ1) is 14.8. The highest BCUT2D eigenvalue weighted by molar-refractivity contribution is 6.00. The van der Waals surface area contributed by atoms with Crippen LogP contribution in [0.25, 0.3) is 11.6 Å². The first-order chi connectivity index (χ1) is 10.0. The zero-order valence-corrected chi connectivity index (χ0v) is 12.2. The number of nitrogens with zero attached hydrogens (tertiary/aromatic N) is 3. The normalized spacial score (nSPS) is 10.5. The van der Waals surface area contributed by atoms with E-state index in [1.807, 2.05) is 6.92 Å². The highest BCUT2D eigenvalue weighted by Crippen LogP contribution is 2.24. The molecule has 21 heavy (non-hydrogen) atoms. The molecule has 8 nitrogen and oxygen atoms in total. The van der Waals surface area contributed by atoms with E-state index in [9.17, 15) is 9.59 Å². The number of carbonyl (C=O) groups excluding carboxylic acids is 2. The van der Waals surface area contributed by atoms with Crippen LogP contribution in [0.4, 0.5) is 0 Å². The summed E-state index contributed by atoms with van der Waals surface area (Å²) in [4.78, 5) is 27.4. The zero-order chi connectivity index (χ0) is 15.6. The number of hydrogen-bond donors (Lipinski definition) is 0. The summed E-state index contributed by atoms with van der Waals surface area (Å²) in [6.07, 6.45) is 0.738. The molecule has 0 saturated carbocycles. The first-order valence-corrected chi connectivity index (χ1v) is 6.22. The number of ether oxygens (including phenoxy) is 2. The number of aryl methyl sites for hydroxylation is 2. The lowest BCUT2D eigenvalue weighted by Gasteiger charge is -1.96. The third-order valence-corrected chi connectivity index (χ3v) is 2.89. The maximum absolute atomic E-state index is 11.7. The molecule has 0 aromatic carbocycles. The fraction of sp³-hybridized carbons (Fsp3) is 0.385. The number of oxazole rings is 1. The molecule has 2 aromatic rings. The van der Waals surface area contributed by atoms with Crippen molar-refractivity contribution in [2.45, 2.75) is 13.3 Å². The molecule has 0 radical (unpaired) electrons. The lowest BCUT2D eigenvalue weighted by molar-refractivity contribution is 0.0527. The molecule has 0 saturated heterocycles. The topological polar surface area (TPSA) is 96.5 Å². The van der Waals surface area contributed by atoms with Crippen molar-refractivity contribution in [2.24, 2.45) is 7.05 Å². The molecule has 0 aliphatic carbocycles. The molecule has 2 aromatic heterocycles. The highest BCUT2D eigenvalue weighted by atomic mass is 16.5. The number of methoxy groups -OCH3 is 2. The summed E-state index contributed by atoms with van der Waals surface area (Å²) in [5.74, 6) is -1.76. The molecule has 0 bridgehead atoms. The molecule has 0 aliphatic rings. The van der Waals surface area contributed by atoms with E-state index in [0.717, 1.165) is 12.1 Å². The number of hydrogen-bond acceptors (Lipinski definition) is 7. The number of aromatic nitrogens is 3. The minimum absolute atomic E-state index is 0.102. The summed E-state index contributed by atoms with van der Waals surface area (Å²) in [6, 6.07) is 1.77. The van der Waals surface area contributed by atoms with E-state index >= 15 is 0 Å². The van der Waals surface area contributed by atoms with Crippen LogP contribution in [0.1, 0.15) is 33.7 Å². The van der Waals surface area contributed by atoms with E-state index in [1.165, 1.54) is 14.2 Å². The fourth-order valence-corrected chi connectivity index (χ4v) is 1.80. The molecule has 0 fully saturated rings. The number of rotatable bonds is 4. The Hall–Kier alpha value is -2.64. The first-order valence-electron chi connectivity index (χ1n) is 6.22. The molecule has 0 atom stereocenters. The van der Waals surface area contributed by atoms with Gasteiger partial charge in [-0.05, 0) is 12.5 Å². The molecule has 0 unspecified atom stereocenters. The second-order valence-corrected chi connectivity index (χ2v) is 4.18. The van der Waals surface area contributed by atoms with Gasteiger partial charge in [-0.15, -0.1) is 0 Å². The molecule has 2 rings (SSSR count). The van der Waals surface area contributed by atoms with E-state index < -0.39 is 11.9 Å². The second-order valence-electron chi connectivity index (χ2n) is 4.18. The molecule has 0 amide bonds. The largest absolute Gasteiger partial charge is 0.464 e. The van der Waals surface area contributed by atoms with Crippen LogP contribution < -0.4 is 0 Å². The summed E-state index contributed by atoms with van der Waals surface area (Å²) in [6.45, 7) is 1.96. The molecule has 0 spiro atoms. The van der Waals surface area contributed by atoms with Gasteiger partial charge in [-0.3, -0.25) is 4.68 Å². The monoisotopic (exact) mass is 293 g/mol. The standard InChI is InChI=1S/C13H15N3O5/c1-5-7-6-8(16(2)15-7)11-14-9(12(17)19-3)10(21-11)13(18)20-4/h6H,5H2,1-4H3. The molecule has 0 aliphatic heterocycles. The van der Waals surface area contributed by atoms with Gasteiger partial charge in [-0.1, -0.05) is 6.92 Å². The van der Waals surface area contributed by atoms with Crippen molar-refractivity contribution in [1.29, 1.82) is 0 Å². The minimum atomic E-state index is -0.799. The van der Waals surface area contributed by atoms with Crippen molar-refractivity contribution in [1.82, 2.24) is 14.8 Å². The van der Waals surface area contributed by atoms with Gasteiger partial charge in [-0.2, -0.15) is 10.1 Å². The molecule has 0 N–H and O–H groups in total. The summed E-state index contributed by atoms with van der Waals surface area (Å²) in [5.41, 5.74) is 1.16. The molecule has 8 heteroatoms. The Labute approximate surface area is 120 Å². The quantitative estimate of drug-likeness (QED) is 0.781. The summed E-state index contributed by atoms with van der Waals surface area (Å²) in [5, 5.41) is 4.26. The maximum atomic E-state index is 11.7. The predicted molar refractivity (Wildman–Crippen MR) is 70.8 cm³/mol. The Balaban J connectivity index is 2.55. The van der Waals surface area contributed by atoms with E-state index in [4.69, 9.17) is 4.42 Å². The van der Waals surface area contributed by atoms with Crippen LogP contribution in [0.15, 0.2) is 10.5 Å². The third kappa shape index (κ3) is 2.64. The Bertz CT molecular complexity index is 653. The van der Waals surface area contributed by atoms with Crippen LogP contribution in [-0.2, 0) is 22.9 Å². The average Bonchev–Trinajstić information content (AvgIpc) is 3.08. The SMILES string of the molecule is CCc1cc(-c2nc(C(=O)OC)c(C(=O)OC)o2)n(C)n1. The molecular weight excluding hydrogens is 278 g/mol. The number of carbonyl (C=O) groups is 2. The van der Waals surface area contributed by atoms with Crippen LogP contribution in [0.5, 0.6) is 0 Å². The van der Waals surface area contributed by atoms with Crippen LogP contribution in [-0.4, -0.2) is 40.9 Å². The van der Waals surface area contributed by atoms with Crippen molar-refractivity contribution in [2.75, 3.05) is 14.2 Å². The molecule has 2 heterocycles. The van der Waals surface area contributed by atoms with Gasteiger partial charge in [-0.25, -0.2) is 9.59 Å².